The Balaban J connectivity index is 1.57. The number of ether oxygens (including phenoxy) is 2. The molecular weight excluding hydrogens is 330 g/mol. The van der Waals surface area contributed by atoms with Gasteiger partial charge in [0.2, 0.25) is 0 Å². The first kappa shape index (κ1) is 16.3. The number of fused-ring (bicyclic) bond motifs is 1. The molecule has 3 heterocycles. The molecule has 4 rings (SSSR count). The predicted octanol–water partition coefficient (Wildman–Crippen LogP) is 2.51. The summed E-state index contributed by atoms with van der Waals surface area (Å²) in [6.07, 6.45) is 7.94. The topological polar surface area (TPSA) is 73.3 Å². The van der Waals surface area contributed by atoms with Gasteiger partial charge in [0, 0.05) is 25.5 Å². The van der Waals surface area contributed by atoms with E-state index in [4.69, 9.17) is 9.47 Å². The Morgan fingerprint density at radius 2 is 1.46 bits per heavy atom. The second kappa shape index (κ2) is 6.95. The van der Waals surface area contributed by atoms with Crippen LogP contribution in [0.1, 0.15) is 11.1 Å². The lowest BCUT2D eigenvalue weighted by Gasteiger charge is -2.30. The Morgan fingerprint density at radius 1 is 0.846 bits per heavy atom. The highest BCUT2D eigenvalue weighted by Crippen LogP contribution is 2.34. The monoisotopic (exact) mass is 349 g/mol. The maximum Gasteiger partial charge on any atom is 0.197 e. The van der Waals surface area contributed by atoms with Gasteiger partial charge in [-0.25, -0.2) is 19.9 Å². The van der Waals surface area contributed by atoms with Gasteiger partial charge < -0.3 is 14.4 Å². The summed E-state index contributed by atoms with van der Waals surface area (Å²) in [4.78, 5) is 19.5. The molecule has 0 spiro atoms. The fourth-order valence-electron chi connectivity index (χ4n) is 3.12. The van der Waals surface area contributed by atoms with E-state index in [1.807, 2.05) is 18.5 Å². The third-order valence-corrected chi connectivity index (χ3v) is 4.49. The molecule has 7 nitrogen and oxygen atoms in total. The first-order valence-electron chi connectivity index (χ1n) is 8.36. The molecule has 0 bridgehead atoms. The molecule has 0 saturated heterocycles. The van der Waals surface area contributed by atoms with Crippen molar-refractivity contribution in [2.45, 2.75) is 13.0 Å². The molecule has 3 aromatic rings. The lowest BCUT2D eigenvalue weighted by molar-refractivity contribution is 0.353. The zero-order chi connectivity index (χ0) is 17.9. The SMILES string of the molecule is COc1cc2c(cc1OC)CN(c1cnc(-c3ncccn3)nc1)CC2. The summed E-state index contributed by atoms with van der Waals surface area (Å²) < 4.78 is 10.8. The minimum atomic E-state index is 0.526. The lowest BCUT2D eigenvalue weighted by Crippen LogP contribution is -2.30. The third kappa shape index (κ3) is 3.03. The molecule has 2 aromatic heterocycles. The first-order chi connectivity index (χ1) is 12.8. The predicted molar refractivity (Wildman–Crippen MR) is 97.4 cm³/mol. The van der Waals surface area contributed by atoms with E-state index in [9.17, 15) is 0 Å². The van der Waals surface area contributed by atoms with E-state index in [0.717, 1.165) is 36.7 Å². The third-order valence-electron chi connectivity index (χ3n) is 4.49. The summed E-state index contributed by atoms with van der Waals surface area (Å²) in [6, 6.07) is 5.89. The van der Waals surface area contributed by atoms with Crippen LogP contribution in [0, 0.1) is 0 Å². The highest BCUT2D eigenvalue weighted by Gasteiger charge is 2.20. The van der Waals surface area contributed by atoms with E-state index in [1.54, 1.807) is 32.7 Å². The van der Waals surface area contributed by atoms with Crippen LogP contribution in [0.5, 0.6) is 11.5 Å². The van der Waals surface area contributed by atoms with Gasteiger partial charge in [-0.05, 0) is 35.7 Å². The van der Waals surface area contributed by atoms with Crippen molar-refractivity contribution in [2.75, 3.05) is 25.7 Å². The smallest absolute Gasteiger partial charge is 0.197 e. The Bertz CT molecular complexity index is 900. The number of hydrogen-bond donors (Lipinski definition) is 0. The molecule has 0 N–H and O–H groups in total. The van der Waals surface area contributed by atoms with Gasteiger partial charge in [0.25, 0.3) is 0 Å². The van der Waals surface area contributed by atoms with Gasteiger partial charge in [0.1, 0.15) is 0 Å². The Morgan fingerprint density at radius 3 is 2.12 bits per heavy atom. The molecule has 0 fully saturated rings. The van der Waals surface area contributed by atoms with Crippen molar-refractivity contribution >= 4 is 5.69 Å². The second-order valence-electron chi connectivity index (χ2n) is 5.98. The van der Waals surface area contributed by atoms with Crippen molar-refractivity contribution in [3.63, 3.8) is 0 Å². The van der Waals surface area contributed by atoms with Crippen molar-refractivity contribution in [3.8, 4) is 23.1 Å². The highest BCUT2D eigenvalue weighted by molar-refractivity contribution is 5.54. The van der Waals surface area contributed by atoms with Crippen LogP contribution in [0.15, 0.2) is 43.0 Å². The molecule has 1 aliphatic heterocycles. The Hall–Kier alpha value is -3.22. The van der Waals surface area contributed by atoms with Crippen LogP contribution in [0.4, 0.5) is 5.69 Å². The number of aromatic nitrogens is 4. The van der Waals surface area contributed by atoms with Crippen LogP contribution in [-0.4, -0.2) is 40.7 Å². The van der Waals surface area contributed by atoms with Gasteiger partial charge in [-0.3, -0.25) is 0 Å². The summed E-state index contributed by atoms with van der Waals surface area (Å²) in [6.45, 7) is 1.67. The van der Waals surface area contributed by atoms with Gasteiger partial charge in [0.05, 0.1) is 32.3 Å². The van der Waals surface area contributed by atoms with E-state index in [0.29, 0.717) is 11.6 Å². The summed E-state index contributed by atoms with van der Waals surface area (Å²) in [7, 11) is 3.32. The molecule has 0 radical (unpaired) electrons. The summed E-state index contributed by atoms with van der Waals surface area (Å²) in [5, 5.41) is 0. The standard InChI is InChI=1S/C19H19N5O2/c1-25-16-8-13-4-7-24(12-14(13)9-17(16)26-2)15-10-22-19(23-11-15)18-20-5-3-6-21-18/h3,5-6,8-11H,4,7,12H2,1-2H3. The molecule has 0 atom stereocenters. The molecule has 1 aromatic carbocycles. The molecular formula is C19H19N5O2. The van der Waals surface area contributed by atoms with Gasteiger partial charge in [-0.1, -0.05) is 0 Å². The molecule has 0 aliphatic carbocycles. The van der Waals surface area contributed by atoms with Crippen LogP contribution in [0.25, 0.3) is 11.6 Å². The quantitative estimate of drug-likeness (QED) is 0.716. The van der Waals surface area contributed by atoms with E-state index in [-0.39, 0.29) is 0 Å². The molecule has 1 aliphatic rings. The normalized spacial score (nSPS) is 13.2. The summed E-state index contributed by atoms with van der Waals surface area (Å²) >= 11 is 0. The van der Waals surface area contributed by atoms with Gasteiger partial charge in [-0.15, -0.1) is 0 Å². The fourth-order valence-corrected chi connectivity index (χ4v) is 3.12. The summed E-state index contributed by atoms with van der Waals surface area (Å²) in [5.41, 5.74) is 3.49. The number of rotatable bonds is 4. The van der Waals surface area contributed by atoms with Crippen LogP contribution in [0.3, 0.4) is 0 Å². The minimum absolute atomic E-state index is 0.526. The lowest BCUT2D eigenvalue weighted by atomic mass is 9.98. The van der Waals surface area contributed by atoms with E-state index in [1.165, 1.54) is 11.1 Å². The fraction of sp³-hybridized carbons (Fsp3) is 0.263. The molecule has 0 amide bonds. The second-order valence-corrected chi connectivity index (χ2v) is 5.98. The molecule has 7 heteroatoms. The summed E-state index contributed by atoms with van der Waals surface area (Å²) in [5.74, 6) is 2.58. The van der Waals surface area contributed by atoms with Crippen molar-refractivity contribution in [3.05, 3.63) is 54.1 Å². The van der Waals surface area contributed by atoms with Gasteiger partial charge >= 0.3 is 0 Å². The van der Waals surface area contributed by atoms with Gasteiger partial charge in [-0.2, -0.15) is 0 Å². The van der Waals surface area contributed by atoms with Crippen molar-refractivity contribution in [1.82, 2.24) is 19.9 Å². The minimum Gasteiger partial charge on any atom is -0.493 e. The Labute approximate surface area is 151 Å². The van der Waals surface area contributed by atoms with E-state index >= 15 is 0 Å². The van der Waals surface area contributed by atoms with Gasteiger partial charge in [0.15, 0.2) is 23.1 Å². The first-order valence-corrected chi connectivity index (χ1v) is 8.36. The maximum atomic E-state index is 5.43. The number of methoxy groups -OCH3 is 2. The highest BCUT2D eigenvalue weighted by atomic mass is 16.5. The average molecular weight is 349 g/mol. The van der Waals surface area contributed by atoms with Crippen molar-refractivity contribution in [1.29, 1.82) is 0 Å². The average Bonchev–Trinajstić information content (AvgIpc) is 2.73. The van der Waals surface area contributed by atoms with Crippen molar-refractivity contribution < 1.29 is 9.47 Å². The van der Waals surface area contributed by atoms with E-state index < -0.39 is 0 Å². The number of anilines is 1. The molecule has 132 valence electrons. The largest absolute Gasteiger partial charge is 0.493 e. The number of hydrogen-bond acceptors (Lipinski definition) is 7. The number of nitrogens with zero attached hydrogens (tertiary/aromatic N) is 5. The number of benzene rings is 1. The van der Waals surface area contributed by atoms with Crippen LogP contribution in [-0.2, 0) is 13.0 Å². The van der Waals surface area contributed by atoms with Crippen LogP contribution in [0.2, 0.25) is 0 Å². The van der Waals surface area contributed by atoms with Crippen LogP contribution >= 0.6 is 0 Å². The van der Waals surface area contributed by atoms with Crippen LogP contribution < -0.4 is 14.4 Å². The maximum absolute atomic E-state index is 5.43. The van der Waals surface area contributed by atoms with E-state index in [2.05, 4.69) is 30.9 Å². The molecule has 0 saturated carbocycles. The molecule has 26 heavy (non-hydrogen) atoms. The zero-order valence-corrected chi connectivity index (χ0v) is 14.7. The molecule has 0 unspecified atom stereocenters. The zero-order valence-electron chi connectivity index (χ0n) is 14.7. The Kier molecular flexibility index (Phi) is 4.35. The van der Waals surface area contributed by atoms with Crippen molar-refractivity contribution in [2.24, 2.45) is 0 Å².